The van der Waals surface area contributed by atoms with Crippen molar-refractivity contribution in [1.29, 1.82) is 0 Å². The minimum Gasteiger partial charge on any atom is -0.353 e. The molecule has 1 amide bonds. The molecule has 0 spiro atoms. The van der Waals surface area contributed by atoms with E-state index in [0.717, 1.165) is 11.3 Å². The molecule has 0 aromatic heterocycles. The average molecular weight is 314 g/mol. The van der Waals surface area contributed by atoms with Crippen LogP contribution in [-0.2, 0) is 4.79 Å². The number of carbonyl (C=O) groups excluding carboxylic acids is 1. The molecular formula is C14H20ClN3OS. The Kier molecular flexibility index (Phi) is 5.77. The summed E-state index contributed by atoms with van der Waals surface area (Å²) < 4.78 is 0. The van der Waals surface area contributed by atoms with Crippen molar-refractivity contribution in [2.45, 2.75) is 33.2 Å². The second-order valence-electron chi connectivity index (χ2n) is 5.52. The van der Waals surface area contributed by atoms with Crippen LogP contribution in [0.3, 0.4) is 0 Å². The van der Waals surface area contributed by atoms with Crippen molar-refractivity contribution < 1.29 is 4.79 Å². The van der Waals surface area contributed by atoms with E-state index in [0.29, 0.717) is 10.1 Å². The summed E-state index contributed by atoms with van der Waals surface area (Å²) in [5, 5.41) is 9.80. The van der Waals surface area contributed by atoms with Crippen LogP contribution < -0.4 is 16.0 Å². The number of anilines is 1. The van der Waals surface area contributed by atoms with Gasteiger partial charge in [0.25, 0.3) is 0 Å². The van der Waals surface area contributed by atoms with E-state index in [4.69, 9.17) is 23.8 Å². The molecule has 0 radical (unpaired) electrons. The Morgan fingerprint density at radius 3 is 2.60 bits per heavy atom. The zero-order valence-corrected chi connectivity index (χ0v) is 13.7. The van der Waals surface area contributed by atoms with Crippen LogP contribution in [0.2, 0.25) is 5.02 Å². The minimum absolute atomic E-state index is 0.107. The lowest BCUT2D eigenvalue weighted by Gasteiger charge is -2.21. The molecule has 0 heterocycles. The molecule has 0 fully saturated rings. The molecule has 1 aromatic rings. The van der Waals surface area contributed by atoms with Gasteiger partial charge in [-0.3, -0.25) is 4.79 Å². The molecule has 0 saturated carbocycles. The first-order valence-corrected chi connectivity index (χ1v) is 7.08. The van der Waals surface area contributed by atoms with E-state index in [9.17, 15) is 4.79 Å². The van der Waals surface area contributed by atoms with Crippen molar-refractivity contribution in [2.24, 2.45) is 0 Å². The van der Waals surface area contributed by atoms with Crippen LogP contribution in [0.1, 0.15) is 26.3 Å². The van der Waals surface area contributed by atoms with Crippen LogP contribution in [0.4, 0.5) is 5.69 Å². The Hall–Kier alpha value is -1.33. The zero-order valence-electron chi connectivity index (χ0n) is 12.1. The van der Waals surface area contributed by atoms with Gasteiger partial charge in [0.2, 0.25) is 5.91 Å². The molecule has 4 nitrogen and oxygen atoms in total. The fourth-order valence-corrected chi connectivity index (χ4v) is 1.89. The highest BCUT2D eigenvalue weighted by molar-refractivity contribution is 7.80. The highest BCUT2D eigenvalue weighted by Gasteiger charge is 2.13. The first-order valence-electron chi connectivity index (χ1n) is 6.30. The van der Waals surface area contributed by atoms with Crippen molar-refractivity contribution in [3.8, 4) is 0 Å². The van der Waals surface area contributed by atoms with Crippen molar-refractivity contribution in [2.75, 3.05) is 11.9 Å². The molecule has 0 aliphatic rings. The number of benzene rings is 1. The SMILES string of the molecule is Cc1c(Cl)cccc1NC(=S)NCC(=O)NC(C)(C)C. The number of carbonyl (C=O) groups is 1. The number of rotatable bonds is 3. The van der Waals surface area contributed by atoms with Gasteiger partial charge < -0.3 is 16.0 Å². The number of halogens is 1. The largest absolute Gasteiger partial charge is 0.353 e. The molecule has 1 aromatic carbocycles. The molecule has 0 aliphatic carbocycles. The number of nitrogens with one attached hydrogen (secondary N) is 3. The van der Waals surface area contributed by atoms with E-state index in [1.54, 1.807) is 0 Å². The summed E-state index contributed by atoms with van der Waals surface area (Å²) >= 11 is 11.2. The van der Waals surface area contributed by atoms with Crippen molar-refractivity contribution in [3.63, 3.8) is 0 Å². The van der Waals surface area contributed by atoms with Crippen LogP contribution in [0.5, 0.6) is 0 Å². The van der Waals surface area contributed by atoms with Gasteiger partial charge in [-0.25, -0.2) is 0 Å². The highest BCUT2D eigenvalue weighted by Crippen LogP contribution is 2.22. The molecule has 6 heteroatoms. The predicted octanol–water partition coefficient (Wildman–Crippen LogP) is 2.85. The van der Waals surface area contributed by atoms with E-state index in [2.05, 4.69) is 16.0 Å². The molecule has 0 atom stereocenters. The lowest BCUT2D eigenvalue weighted by Crippen LogP contribution is -2.46. The molecule has 0 unspecified atom stereocenters. The Morgan fingerprint density at radius 2 is 2.00 bits per heavy atom. The molecule has 20 heavy (non-hydrogen) atoms. The number of thiocarbonyl (C=S) groups is 1. The van der Waals surface area contributed by atoms with Crippen LogP contribution >= 0.6 is 23.8 Å². The van der Waals surface area contributed by atoms with E-state index < -0.39 is 0 Å². The molecule has 0 aliphatic heterocycles. The Balaban J connectivity index is 2.49. The first kappa shape index (κ1) is 16.7. The van der Waals surface area contributed by atoms with Gasteiger partial charge in [-0.2, -0.15) is 0 Å². The maximum atomic E-state index is 11.7. The lowest BCUT2D eigenvalue weighted by molar-refractivity contribution is -0.121. The Morgan fingerprint density at radius 1 is 1.35 bits per heavy atom. The summed E-state index contributed by atoms with van der Waals surface area (Å²) in [6, 6.07) is 5.53. The average Bonchev–Trinajstić information content (AvgIpc) is 2.30. The van der Waals surface area contributed by atoms with Gasteiger partial charge in [0, 0.05) is 16.2 Å². The topological polar surface area (TPSA) is 53.2 Å². The fraction of sp³-hybridized carbons (Fsp3) is 0.429. The maximum Gasteiger partial charge on any atom is 0.239 e. The lowest BCUT2D eigenvalue weighted by atomic mass is 10.1. The third-order valence-electron chi connectivity index (χ3n) is 2.44. The van der Waals surface area contributed by atoms with Gasteiger partial charge in [0.15, 0.2) is 5.11 Å². The maximum absolute atomic E-state index is 11.7. The standard InChI is InChI=1S/C14H20ClN3OS/c1-9-10(15)6-5-7-11(9)17-13(20)16-8-12(19)18-14(2,3)4/h5-7H,8H2,1-4H3,(H,18,19)(H2,16,17,20). The van der Waals surface area contributed by atoms with Crippen molar-refractivity contribution >= 4 is 40.5 Å². The van der Waals surface area contributed by atoms with Gasteiger partial charge in [-0.15, -0.1) is 0 Å². The van der Waals surface area contributed by atoms with Crippen LogP contribution in [-0.4, -0.2) is 23.1 Å². The quantitative estimate of drug-likeness (QED) is 0.751. The normalized spacial score (nSPS) is 10.8. The molecular weight excluding hydrogens is 294 g/mol. The molecule has 3 N–H and O–H groups in total. The summed E-state index contributed by atoms with van der Waals surface area (Å²) in [6.07, 6.45) is 0. The molecule has 0 saturated heterocycles. The monoisotopic (exact) mass is 313 g/mol. The molecule has 1 rings (SSSR count). The van der Waals surface area contributed by atoms with Gasteiger partial charge in [-0.05, 0) is 57.6 Å². The molecule has 0 bridgehead atoms. The van der Waals surface area contributed by atoms with Crippen LogP contribution in [0.25, 0.3) is 0 Å². The van der Waals surface area contributed by atoms with Crippen molar-refractivity contribution in [1.82, 2.24) is 10.6 Å². The van der Waals surface area contributed by atoms with E-state index in [1.807, 2.05) is 45.9 Å². The predicted molar refractivity (Wildman–Crippen MR) is 88.3 cm³/mol. The highest BCUT2D eigenvalue weighted by atomic mass is 35.5. The van der Waals surface area contributed by atoms with Crippen LogP contribution in [0.15, 0.2) is 18.2 Å². The van der Waals surface area contributed by atoms with Crippen LogP contribution in [0, 0.1) is 6.92 Å². The third kappa shape index (κ3) is 5.75. The minimum atomic E-state index is -0.253. The zero-order chi connectivity index (χ0) is 15.3. The van der Waals surface area contributed by atoms with Gasteiger partial charge in [-0.1, -0.05) is 17.7 Å². The first-order chi connectivity index (χ1) is 9.19. The van der Waals surface area contributed by atoms with Gasteiger partial charge >= 0.3 is 0 Å². The van der Waals surface area contributed by atoms with E-state index in [1.165, 1.54) is 0 Å². The number of hydrogen-bond donors (Lipinski definition) is 3. The summed E-state index contributed by atoms with van der Waals surface area (Å²) in [7, 11) is 0. The van der Waals surface area contributed by atoms with Crippen molar-refractivity contribution in [3.05, 3.63) is 28.8 Å². The summed E-state index contributed by atoms with van der Waals surface area (Å²) in [6.45, 7) is 7.81. The van der Waals surface area contributed by atoms with Gasteiger partial charge in [0.1, 0.15) is 0 Å². The fourth-order valence-electron chi connectivity index (χ4n) is 1.53. The third-order valence-corrected chi connectivity index (χ3v) is 3.10. The second kappa shape index (κ2) is 6.90. The smallest absolute Gasteiger partial charge is 0.239 e. The Labute approximate surface area is 130 Å². The Bertz CT molecular complexity index is 512. The summed E-state index contributed by atoms with van der Waals surface area (Å²) in [5.74, 6) is -0.107. The van der Waals surface area contributed by atoms with E-state index >= 15 is 0 Å². The van der Waals surface area contributed by atoms with E-state index in [-0.39, 0.29) is 18.0 Å². The van der Waals surface area contributed by atoms with Gasteiger partial charge in [0.05, 0.1) is 6.54 Å². The number of hydrogen-bond acceptors (Lipinski definition) is 2. The number of amides is 1. The molecule has 110 valence electrons. The summed E-state index contributed by atoms with van der Waals surface area (Å²) in [4.78, 5) is 11.7. The summed E-state index contributed by atoms with van der Waals surface area (Å²) in [5.41, 5.74) is 1.49. The second-order valence-corrected chi connectivity index (χ2v) is 6.33.